The summed E-state index contributed by atoms with van der Waals surface area (Å²) in [7, 11) is 5.26. The number of pyridine rings is 6. The largest absolute Gasteiger partial charge is 0.255 e. The van der Waals surface area contributed by atoms with Crippen molar-refractivity contribution in [2.75, 3.05) is 0 Å². The summed E-state index contributed by atoms with van der Waals surface area (Å²) >= 11 is 0. The van der Waals surface area contributed by atoms with Gasteiger partial charge in [0.2, 0.25) is 0 Å². The summed E-state index contributed by atoms with van der Waals surface area (Å²) in [5, 5.41) is 5.09. The van der Waals surface area contributed by atoms with E-state index in [0.717, 1.165) is 46.7 Å². The second-order valence-corrected chi connectivity index (χ2v) is 36.5. The number of fused-ring (bicyclic) bond motifs is 3. The number of nitrogens with zero attached hydrogens (tertiary/aromatic N) is 6. The Labute approximate surface area is 711 Å². The van der Waals surface area contributed by atoms with Crippen LogP contribution in [0.25, 0.3) is 56.7 Å². The molecule has 0 spiro atoms. The van der Waals surface area contributed by atoms with Gasteiger partial charge in [0.25, 0.3) is 0 Å². The minimum atomic E-state index is 0. The van der Waals surface area contributed by atoms with Gasteiger partial charge < -0.3 is 0 Å². The summed E-state index contributed by atoms with van der Waals surface area (Å²) in [6.45, 7) is 14.7. The first-order chi connectivity index (χ1) is 52.4. The van der Waals surface area contributed by atoms with Crippen LogP contribution in [0, 0.1) is 32.5 Å². The van der Waals surface area contributed by atoms with Gasteiger partial charge in [-0.15, -0.1) is 18.5 Å². The van der Waals surface area contributed by atoms with Crippen molar-refractivity contribution in [3.63, 3.8) is 0 Å². The maximum Gasteiger partial charge on any atom is 0.0967 e. The van der Waals surface area contributed by atoms with E-state index in [0.29, 0.717) is 32.5 Å². The van der Waals surface area contributed by atoms with Gasteiger partial charge in [0.1, 0.15) is 0 Å². The van der Waals surface area contributed by atoms with E-state index >= 15 is 0 Å². The van der Waals surface area contributed by atoms with Gasteiger partial charge in [-0.25, -0.2) is 0 Å². The van der Waals surface area contributed by atoms with Gasteiger partial charge in [-0.2, -0.15) is 0 Å². The van der Waals surface area contributed by atoms with Gasteiger partial charge in [0.15, 0.2) is 0 Å². The molecular formula is C100H122N6Os2P2Ru. The summed E-state index contributed by atoms with van der Waals surface area (Å²) in [6.07, 6.45) is 56.0. The molecular weight excluding hydrogens is 1830 g/mol. The third kappa shape index (κ3) is 27.1. The molecule has 6 aromatic heterocycles. The zero-order valence-electron chi connectivity index (χ0n) is 67.2. The van der Waals surface area contributed by atoms with Crippen LogP contribution in [0.1, 0.15) is 240 Å². The SMILES string of the molecule is C(=C/c1ccccc1)/c1ccccc1.CC1(Cc2ccnc(-c3cc(CC4(C)CCCC4)ccn3)c2)CCCC1.CC1(Cc2ccnc(-c3cc(CC4(C)CCCC4)ccn3)c2)CCCC1.CC1(Cc2ccnc3c2ccc2c(CC4(C)CCCC4)ccnc23)CCCC1.Pc1ccccc1.Pc1ccccc1.[Os].[Os].[Ru]. The van der Waals surface area contributed by atoms with E-state index in [1.165, 1.54) is 246 Å². The Bertz CT molecular complexity index is 4190. The first-order valence-corrected chi connectivity index (χ1v) is 42.4. The summed E-state index contributed by atoms with van der Waals surface area (Å²) in [5.41, 5.74) is 20.1. The molecule has 2 atom stereocenters. The average molecular weight is 1950 g/mol. The monoisotopic (exact) mass is 1950 g/mol. The Morgan fingerprint density at radius 2 is 0.486 bits per heavy atom. The summed E-state index contributed by atoms with van der Waals surface area (Å²) in [5.74, 6) is 0. The Balaban J connectivity index is 0.000000162. The third-order valence-corrected chi connectivity index (χ3v) is 25.7. The van der Waals surface area contributed by atoms with Crippen molar-refractivity contribution < 1.29 is 59.1 Å². The molecule has 2 unspecified atom stereocenters. The van der Waals surface area contributed by atoms with Gasteiger partial charge in [0.05, 0.1) is 33.8 Å². The van der Waals surface area contributed by atoms with Gasteiger partial charge in [0, 0.05) is 107 Å². The van der Waals surface area contributed by atoms with Crippen LogP contribution in [0.2, 0.25) is 0 Å². The van der Waals surface area contributed by atoms with E-state index in [9.17, 15) is 0 Å². The Morgan fingerprint density at radius 3 is 0.712 bits per heavy atom. The number of hydrogen-bond donors (Lipinski definition) is 0. The number of aromatic nitrogens is 6. The fourth-order valence-electron chi connectivity index (χ4n) is 18.7. The van der Waals surface area contributed by atoms with E-state index in [1.807, 2.05) is 134 Å². The molecule has 6 saturated carbocycles. The quantitative estimate of drug-likeness (QED) is 0.0415. The predicted octanol–water partition coefficient (Wildman–Crippen LogP) is 26.0. The molecule has 11 heteroatoms. The molecule has 17 rings (SSSR count). The molecule has 5 aromatic carbocycles. The van der Waals surface area contributed by atoms with E-state index in [-0.39, 0.29) is 59.1 Å². The molecule has 111 heavy (non-hydrogen) atoms. The molecule has 6 heterocycles. The van der Waals surface area contributed by atoms with Gasteiger partial charge >= 0.3 is 0 Å². The predicted molar refractivity (Wildman–Crippen MR) is 467 cm³/mol. The van der Waals surface area contributed by atoms with Crippen molar-refractivity contribution in [1.29, 1.82) is 0 Å². The van der Waals surface area contributed by atoms with Crippen molar-refractivity contribution in [2.24, 2.45) is 32.5 Å². The van der Waals surface area contributed by atoms with E-state index in [4.69, 9.17) is 9.97 Å². The fourth-order valence-corrected chi connectivity index (χ4v) is 19.1. The smallest absolute Gasteiger partial charge is 0.0967 e. The van der Waals surface area contributed by atoms with E-state index in [2.05, 4.69) is 189 Å². The topological polar surface area (TPSA) is 77.3 Å². The van der Waals surface area contributed by atoms with Crippen LogP contribution in [0.15, 0.2) is 231 Å². The van der Waals surface area contributed by atoms with Gasteiger partial charge in [-0.3, -0.25) is 29.9 Å². The van der Waals surface area contributed by atoms with Gasteiger partial charge in [-0.05, 0) is 264 Å². The standard InChI is InChI=1S/C26H32N2.2C24H32N2.C14H12.2C6H7P.2Os.Ru/c1-25(11-3-4-12-25)17-19-9-15-27-23-21(19)7-8-22-20(10-16-28-24(22)23)18-26(2)13-5-6-14-26;2*1-23(9-3-4-10-23)17-19-7-13-25-21(15-19)22-16-20(8-14-26-22)18-24(2)11-5-6-12-24;1-3-7-13(8-4-1)11-12-14-9-5-2-6-10-14;2*7-6-4-2-1-3-5-6;;;/h7-10,15-16H,3-6,11-14,17-18H2,1-2H3;2*7-8,13-16H,3-6,9-12,17-18H2,1-2H3;1-12H;2*1-5H,7H2;;;/b;;;12-11-;;;;;. The first-order valence-electron chi connectivity index (χ1n) is 41.2. The van der Waals surface area contributed by atoms with Crippen LogP contribution >= 0.6 is 18.5 Å². The van der Waals surface area contributed by atoms with Crippen LogP contribution in [-0.4, -0.2) is 29.9 Å². The molecule has 0 N–H and O–H groups in total. The van der Waals surface area contributed by atoms with Crippen molar-refractivity contribution >= 4 is 63.0 Å². The van der Waals surface area contributed by atoms with Crippen molar-refractivity contribution in [3.8, 4) is 22.8 Å². The second-order valence-electron chi connectivity index (χ2n) is 35.1. The molecule has 0 radical (unpaired) electrons. The number of rotatable bonds is 16. The minimum Gasteiger partial charge on any atom is -0.255 e. The first kappa shape index (κ1) is 89.0. The molecule has 6 aliphatic rings. The number of benzene rings is 5. The summed E-state index contributed by atoms with van der Waals surface area (Å²) < 4.78 is 0. The Morgan fingerprint density at radius 1 is 0.270 bits per heavy atom. The summed E-state index contributed by atoms with van der Waals surface area (Å²) in [4.78, 5) is 28.1. The maximum absolute atomic E-state index is 4.80. The second kappa shape index (κ2) is 43.1. The Kier molecular flexibility index (Phi) is 34.5. The molecule has 0 bridgehead atoms. The zero-order chi connectivity index (χ0) is 75.1. The molecule has 6 aliphatic carbocycles. The van der Waals surface area contributed by atoms with Crippen molar-refractivity contribution in [1.82, 2.24) is 29.9 Å². The molecule has 0 aliphatic heterocycles. The fraction of sp³-hybridized carbons (Fsp3) is 0.420. The van der Waals surface area contributed by atoms with Crippen LogP contribution in [0.4, 0.5) is 0 Å². The zero-order valence-corrected chi connectivity index (χ0v) is 76.3. The molecule has 586 valence electrons. The Hall–Kier alpha value is -5.98. The van der Waals surface area contributed by atoms with Gasteiger partial charge in [-0.1, -0.05) is 264 Å². The van der Waals surface area contributed by atoms with Crippen LogP contribution < -0.4 is 10.6 Å². The van der Waals surface area contributed by atoms with E-state index in [1.54, 1.807) is 0 Å². The van der Waals surface area contributed by atoms with Crippen LogP contribution in [0.3, 0.4) is 0 Å². The average Bonchev–Trinajstić information content (AvgIpc) is 1.52. The molecule has 0 saturated heterocycles. The normalized spacial score (nSPS) is 17.6. The maximum atomic E-state index is 4.80. The molecule has 11 aromatic rings. The van der Waals surface area contributed by atoms with Crippen LogP contribution in [-0.2, 0) is 97.6 Å². The number of hydrogen-bond acceptors (Lipinski definition) is 6. The molecule has 6 nitrogen and oxygen atoms in total. The third-order valence-electron chi connectivity index (χ3n) is 24.9. The van der Waals surface area contributed by atoms with E-state index < -0.39 is 0 Å². The van der Waals surface area contributed by atoms with Crippen molar-refractivity contribution in [3.05, 3.63) is 276 Å². The molecule has 6 fully saturated rings. The van der Waals surface area contributed by atoms with Crippen LogP contribution in [0.5, 0.6) is 0 Å². The minimum absolute atomic E-state index is 0. The molecule has 0 amide bonds. The summed E-state index contributed by atoms with van der Waals surface area (Å²) in [6, 6.07) is 67.9. The van der Waals surface area contributed by atoms with Crippen molar-refractivity contribution in [2.45, 2.75) is 234 Å².